The van der Waals surface area contributed by atoms with Crippen LogP contribution in [0.2, 0.25) is 0 Å². The first-order valence-corrected chi connectivity index (χ1v) is 26.8. The number of hydrogen-bond acceptors (Lipinski definition) is 9. The van der Waals surface area contributed by atoms with E-state index in [1.165, 1.54) is 141 Å². The van der Waals surface area contributed by atoms with E-state index in [0.29, 0.717) is 26.1 Å². The van der Waals surface area contributed by atoms with E-state index in [1.54, 1.807) is 0 Å². The molecule has 57 heavy (non-hydrogen) atoms. The molecule has 336 valence electrons. The highest BCUT2D eigenvalue weighted by Gasteiger charge is 2.20. The van der Waals surface area contributed by atoms with E-state index in [0.717, 1.165) is 93.0 Å². The lowest BCUT2D eigenvalue weighted by molar-refractivity contribution is -0.149. The maximum absolute atomic E-state index is 12.8. The summed E-state index contributed by atoms with van der Waals surface area (Å²) in [5.41, 5.74) is 0. The topological polar surface area (TPSA) is 85.3 Å². The summed E-state index contributed by atoms with van der Waals surface area (Å²) in [6, 6.07) is 0. The van der Waals surface area contributed by atoms with Crippen LogP contribution in [0.25, 0.3) is 0 Å². The maximum atomic E-state index is 12.8. The van der Waals surface area contributed by atoms with Crippen molar-refractivity contribution in [3.8, 4) is 0 Å². The molecule has 2 saturated carbocycles. The second kappa shape index (κ2) is 38.4. The van der Waals surface area contributed by atoms with Crippen LogP contribution in [0.15, 0.2) is 0 Å². The lowest BCUT2D eigenvalue weighted by atomic mass is 9.86. The average Bonchev–Trinajstić information content (AvgIpc) is 3.23. The monoisotopic (exact) mass is 842 g/mol. The highest BCUT2D eigenvalue weighted by atomic mass is 32.2. The van der Waals surface area contributed by atoms with Gasteiger partial charge in [0.25, 0.3) is 0 Å². The predicted octanol–water partition coefficient (Wildman–Crippen LogP) is 12.6. The Hall–Kier alpha value is -0.480. The molecule has 0 amide bonds. The largest absolute Gasteiger partial charge is 0.461 e. The molecule has 2 fully saturated rings. The smallest absolute Gasteiger partial charge is 0.306 e. The predicted molar refractivity (Wildman–Crippen MR) is 246 cm³/mol. The molecule has 2 aliphatic rings. The summed E-state index contributed by atoms with van der Waals surface area (Å²) in [5, 5.41) is 9.16. The maximum Gasteiger partial charge on any atom is 0.306 e. The Morgan fingerprint density at radius 2 is 1.04 bits per heavy atom. The Morgan fingerprint density at radius 1 is 0.579 bits per heavy atom. The van der Waals surface area contributed by atoms with Gasteiger partial charge in [0, 0.05) is 30.9 Å². The summed E-state index contributed by atoms with van der Waals surface area (Å²) in [7, 11) is 0. The van der Waals surface area contributed by atoms with Crippen LogP contribution in [0.3, 0.4) is 0 Å². The Morgan fingerprint density at radius 3 is 1.47 bits per heavy atom. The Labute approximate surface area is 360 Å². The summed E-state index contributed by atoms with van der Waals surface area (Å²) in [6.07, 6.45) is 35.5. The molecule has 0 aromatic rings. The molecule has 0 aromatic heterocycles. The minimum absolute atomic E-state index is 0.0305. The molecule has 9 heteroatoms. The number of nitrogens with zero attached hydrogens (tertiary/aromatic N) is 1. The zero-order chi connectivity index (χ0) is 40.9. The van der Waals surface area contributed by atoms with Crippen molar-refractivity contribution < 1.29 is 28.9 Å². The third-order valence-corrected chi connectivity index (χ3v) is 14.6. The number of carbonyl (C=O) groups excluding carboxylic acids is 2. The number of aliphatic hydroxyl groups excluding tert-OH is 1. The number of carbonyl (C=O) groups is 2. The molecule has 0 bridgehead atoms. The van der Waals surface area contributed by atoms with Crippen LogP contribution in [-0.4, -0.2) is 96.6 Å². The summed E-state index contributed by atoms with van der Waals surface area (Å²) >= 11 is 3.94. The van der Waals surface area contributed by atoms with Gasteiger partial charge in [0.05, 0.1) is 19.8 Å². The minimum atomic E-state index is 0.0305. The highest BCUT2D eigenvalue weighted by Crippen LogP contribution is 2.29. The summed E-state index contributed by atoms with van der Waals surface area (Å²) < 4.78 is 17.8. The van der Waals surface area contributed by atoms with Crippen molar-refractivity contribution in [1.82, 2.24) is 4.90 Å². The summed E-state index contributed by atoms with van der Waals surface area (Å²) in [6.45, 7) is 8.75. The van der Waals surface area contributed by atoms with Crippen LogP contribution in [0.1, 0.15) is 206 Å². The van der Waals surface area contributed by atoms with Crippen LogP contribution in [0, 0.1) is 11.8 Å². The summed E-state index contributed by atoms with van der Waals surface area (Å²) in [5.74, 6) is 5.63. The van der Waals surface area contributed by atoms with E-state index in [9.17, 15) is 9.59 Å². The van der Waals surface area contributed by atoms with Crippen molar-refractivity contribution >= 4 is 35.5 Å². The first-order chi connectivity index (χ1) is 28.0. The molecular formula is C48H91NO6S2. The van der Waals surface area contributed by atoms with Gasteiger partial charge < -0.3 is 24.2 Å². The lowest BCUT2D eigenvalue weighted by Crippen LogP contribution is -2.30. The minimum Gasteiger partial charge on any atom is -0.461 e. The third-order valence-electron chi connectivity index (χ3n) is 12.2. The Bertz CT molecular complexity index is 849. The molecule has 2 aliphatic carbocycles. The standard InChI is InChI=1S/C48H91NO6S2/c1-3-5-7-17-27-45(54-47(51)31-29-43-23-13-9-14-24-43)41-56-39-21-11-19-33-49(35-37-53-38-36-50)34-20-12-22-40-57-42-46(28-18-8-6-4-2)55-48(52)32-30-44-25-15-10-16-26-44/h43-46,50H,3-42H2,1-2H3. The molecule has 0 aromatic carbocycles. The van der Waals surface area contributed by atoms with Crippen LogP contribution in [-0.2, 0) is 23.8 Å². The Kier molecular flexibility index (Phi) is 35.5. The molecule has 2 atom stereocenters. The average molecular weight is 842 g/mol. The van der Waals surface area contributed by atoms with Gasteiger partial charge >= 0.3 is 11.9 Å². The van der Waals surface area contributed by atoms with Gasteiger partial charge in [-0.25, -0.2) is 0 Å². The van der Waals surface area contributed by atoms with Crippen LogP contribution in [0.4, 0.5) is 0 Å². The molecule has 0 saturated heterocycles. The number of unbranched alkanes of at least 4 members (excludes halogenated alkanes) is 10. The molecule has 2 rings (SSSR count). The van der Waals surface area contributed by atoms with Crippen LogP contribution in [0.5, 0.6) is 0 Å². The van der Waals surface area contributed by atoms with Crippen molar-refractivity contribution in [2.75, 3.05) is 62.5 Å². The van der Waals surface area contributed by atoms with Crippen LogP contribution >= 0.6 is 23.5 Å². The number of thioether (sulfide) groups is 2. The molecule has 2 unspecified atom stereocenters. The van der Waals surface area contributed by atoms with Gasteiger partial charge in [0.15, 0.2) is 0 Å². The zero-order valence-electron chi connectivity index (χ0n) is 37.3. The second-order valence-electron chi connectivity index (χ2n) is 17.5. The molecule has 0 aliphatic heterocycles. The van der Waals surface area contributed by atoms with E-state index >= 15 is 0 Å². The number of esters is 2. The second-order valence-corrected chi connectivity index (χ2v) is 19.8. The fourth-order valence-corrected chi connectivity index (χ4v) is 10.7. The first-order valence-electron chi connectivity index (χ1n) is 24.5. The van der Waals surface area contributed by atoms with Crippen molar-refractivity contribution in [2.45, 2.75) is 219 Å². The van der Waals surface area contributed by atoms with Crippen LogP contribution < -0.4 is 0 Å². The van der Waals surface area contributed by atoms with E-state index in [4.69, 9.17) is 19.3 Å². The van der Waals surface area contributed by atoms with E-state index < -0.39 is 0 Å². The van der Waals surface area contributed by atoms with Gasteiger partial charge in [-0.05, 0) is 101 Å². The molecule has 0 spiro atoms. The third kappa shape index (κ3) is 31.1. The fraction of sp³-hybridized carbons (Fsp3) is 0.958. The SMILES string of the molecule is CCCCCCC(CSCCCCCN(CCCCCSCC(CCCCCC)OC(=O)CCC1CCCCC1)CCOCCO)OC(=O)CCC1CCCCC1. The van der Waals surface area contributed by atoms with Gasteiger partial charge in [0.1, 0.15) is 12.2 Å². The van der Waals surface area contributed by atoms with Crippen molar-refractivity contribution in [2.24, 2.45) is 11.8 Å². The van der Waals surface area contributed by atoms with Crippen molar-refractivity contribution in [3.63, 3.8) is 0 Å². The number of aliphatic hydroxyl groups is 1. The normalized spacial score (nSPS) is 16.6. The number of ether oxygens (including phenoxy) is 3. The molecule has 0 heterocycles. The molecule has 7 nitrogen and oxygen atoms in total. The zero-order valence-corrected chi connectivity index (χ0v) is 39.0. The lowest BCUT2D eigenvalue weighted by Gasteiger charge is -2.23. The van der Waals surface area contributed by atoms with Crippen molar-refractivity contribution in [1.29, 1.82) is 0 Å². The first kappa shape index (κ1) is 52.7. The highest BCUT2D eigenvalue weighted by molar-refractivity contribution is 7.99. The van der Waals surface area contributed by atoms with E-state index in [1.807, 2.05) is 23.5 Å². The van der Waals surface area contributed by atoms with E-state index in [-0.39, 0.29) is 30.8 Å². The molecule has 1 N–H and O–H groups in total. The van der Waals surface area contributed by atoms with Gasteiger partial charge in [0.2, 0.25) is 0 Å². The molecular weight excluding hydrogens is 751 g/mol. The fourth-order valence-electron chi connectivity index (χ4n) is 8.59. The molecule has 0 radical (unpaired) electrons. The Balaban J connectivity index is 1.63. The quantitative estimate of drug-likeness (QED) is 0.0480. The van der Waals surface area contributed by atoms with Crippen molar-refractivity contribution in [3.05, 3.63) is 0 Å². The number of rotatable bonds is 39. The summed E-state index contributed by atoms with van der Waals surface area (Å²) in [4.78, 5) is 28.1. The van der Waals surface area contributed by atoms with E-state index in [2.05, 4.69) is 18.7 Å². The van der Waals surface area contributed by atoms with Gasteiger partial charge in [-0.1, -0.05) is 129 Å². The van der Waals surface area contributed by atoms with Gasteiger partial charge in [-0.3, -0.25) is 9.59 Å². The van der Waals surface area contributed by atoms with Gasteiger partial charge in [-0.15, -0.1) is 0 Å². The van der Waals surface area contributed by atoms with Gasteiger partial charge in [-0.2, -0.15) is 23.5 Å². The number of hydrogen-bond donors (Lipinski definition) is 1.